The van der Waals surface area contributed by atoms with E-state index in [9.17, 15) is 9.59 Å². The van der Waals surface area contributed by atoms with Crippen LogP contribution >= 0.6 is 0 Å². The molecule has 0 saturated carbocycles. The van der Waals surface area contributed by atoms with Gasteiger partial charge in [-0.3, -0.25) is 0 Å². The molecule has 0 aliphatic carbocycles. The number of rotatable bonds is 17. The summed E-state index contributed by atoms with van der Waals surface area (Å²) >= 11 is 0. The lowest BCUT2D eigenvalue weighted by molar-refractivity contribution is 0.0721. The van der Waals surface area contributed by atoms with Crippen molar-refractivity contribution in [3.8, 4) is 17.2 Å². The van der Waals surface area contributed by atoms with Crippen molar-refractivity contribution in [1.29, 1.82) is 0 Å². The molecule has 2 aromatic carbocycles. The predicted molar refractivity (Wildman–Crippen MR) is 152 cm³/mol. The van der Waals surface area contributed by atoms with Crippen LogP contribution in [0.1, 0.15) is 88.4 Å². The number of benzene rings is 2. The Morgan fingerprint density at radius 1 is 0.816 bits per heavy atom. The largest absolute Gasteiger partial charge is 0.493 e. The third kappa shape index (κ3) is 9.09. The Morgan fingerprint density at radius 3 is 2.29 bits per heavy atom. The lowest BCUT2D eigenvalue weighted by Crippen LogP contribution is -2.16. The first-order valence-electron chi connectivity index (χ1n) is 13.9. The fraction of sp³-hybridized carbons (Fsp3) is 0.438. The van der Waals surface area contributed by atoms with Crippen LogP contribution < -0.4 is 19.8 Å². The molecule has 0 atom stereocenters. The molecule has 38 heavy (non-hydrogen) atoms. The molecule has 0 spiro atoms. The zero-order chi connectivity index (χ0) is 27.0. The van der Waals surface area contributed by atoms with Gasteiger partial charge in [-0.2, -0.15) is 0 Å². The van der Waals surface area contributed by atoms with E-state index in [-0.39, 0.29) is 11.5 Å². The highest BCUT2D eigenvalue weighted by molar-refractivity contribution is 5.93. The van der Waals surface area contributed by atoms with Crippen molar-refractivity contribution in [2.45, 2.75) is 78.1 Å². The molecule has 0 radical (unpaired) electrons. The van der Waals surface area contributed by atoms with E-state index in [1.165, 1.54) is 32.1 Å². The summed E-state index contributed by atoms with van der Waals surface area (Å²) in [6.07, 6.45) is 15.3. The van der Waals surface area contributed by atoms with Crippen LogP contribution in [0.4, 0.5) is 0 Å². The van der Waals surface area contributed by atoms with Crippen LogP contribution in [0.3, 0.4) is 0 Å². The molecule has 0 saturated heterocycles. The number of esters is 1. The number of unbranched alkanes of at least 4 members (excludes halogenated alkanes) is 7. The molecular weight excluding hydrogens is 480 g/mol. The van der Waals surface area contributed by atoms with Gasteiger partial charge in [0.2, 0.25) is 0 Å². The van der Waals surface area contributed by atoms with Gasteiger partial charge in [0.25, 0.3) is 5.75 Å². The monoisotopic (exact) mass is 520 g/mol. The van der Waals surface area contributed by atoms with Crippen LogP contribution in [0.25, 0.3) is 11.0 Å². The van der Waals surface area contributed by atoms with Gasteiger partial charge in [0.05, 0.1) is 24.2 Å². The van der Waals surface area contributed by atoms with E-state index in [0.29, 0.717) is 35.5 Å². The van der Waals surface area contributed by atoms with Crippen molar-refractivity contribution in [2.24, 2.45) is 0 Å². The van der Waals surface area contributed by atoms with E-state index in [2.05, 4.69) is 26.0 Å². The van der Waals surface area contributed by atoms with Crippen molar-refractivity contribution in [3.63, 3.8) is 0 Å². The van der Waals surface area contributed by atoms with Gasteiger partial charge in [-0.05, 0) is 43.5 Å². The number of fused-ring (bicyclic) bond motifs is 1. The van der Waals surface area contributed by atoms with Crippen LogP contribution in [0.15, 0.2) is 69.9 Å². The van der Waals surface area contributed by atoms with Crippen LogP contribution in [-0.4, -0.2) is 19.2 Å². The fourth-order valence-electron chi connectivity index (χ4n) is 4.12. The number of ether oxygens (including phenoxy) is 3. The Morgan fingerprint density at radius 2 is 1.55 bits per heavy atom. The first kappa shape index (κ1) is 29.0. The van der Waals surface area contributed by atoms with E-state index in [4.69, 9.17) is 18.6 Å². The molecule has 6 heteroatoms. The fourth-order valence-corrected chi connectivity index (χ4v) is 4.12. The third-order valence-electron chi connectivity index (χ3n) is 6.20. The summed E-state index contributed by atoms with van der Waals surface area (Å²) in [5, 5.41) is 0.554. The van der Waals surface area contributed by atoms with Crippen LogP contribution in [0, 0.1) is 0 Å². The highest BCUT2D eigenvalue weighted by atomic mass is 16.6. The van der Waals surface area contributed by atoms with E-state index in [0.717, 1.165) is 32.1 Å². The Hall–Kier alpha value is -3.54. The second-order valence-corrected chi connectivity index (χ2v) is 9.30. The second kappa shape index (κ2) is 16.3. The van der Waals surface area contributed by atoms with Crippen LogP contribution in [0.2, 0.25) is 0 Å². The highest BCUT2D eigenvalue weighted by Crippen LogP contribution is 2.35. The predicted octanol–water partition coefficient (Wildman–Crippen LogP) is 8.27. The van der Waals surface area contributed by atoms with Crippen molar-refractivity contribution in [1.82, 2.24) is 0 Å². The lowest BCUT2D eigenvalue weighted by Gasteiger charge is -2.14. The average Bonchev–Trinajstić information content (AvgIpc) is 2.93. The zero-order valence-corrected chi connectivity index (χ0v) is 22.7. The van der Waals surface area contributed by atoms with Crippen molar-refractivity contribution in [2.75, 3.05) is 13.2 Å². The first-order valence-corrected chi connectivity index (χ1v) is 13.9. The number of carbonyl (C=O) groups excluding carboxylic acids is 1. The summed E-state index contributed by atoms with van der Waals surface area (Å²) in [4.78, 5) is 25.7. The Bertz CT molecular complexity index is 1210. The van der Waals surface area contributed by atoms with Gasteiger partial charge in [-0.15, -0.1) is 0 Å². The van der Waals surface area contributed by atoms with Gasteiger partial charge in [0.15, 0.2) is 5.75 Å². The Kier molecular flexibility index (Phi) is 12.5. The SMILES string of the molecule is CC/C=C/CCOc1ccc2c(OCCCCCCCCCC)c(OC(=O)c3ccccc3)c(=O)oc2c1. The molecular formula is C32H40O6. The topological polar surface area (TPSA) is 75.0 Å². The minimum atomic E-state index is -0.768. The van der Waals surface area contributed by atoms with E-state index >= 15 is 0 Å². The molecule has 0 fully saturated rings. The maximum atomic E-state index is 13.0. The summed E-state index contributed by atoms with van der Waals surface area (Å²) < 4.78 is 23.0. The standard InChI is InChI=1S/C32H40O6/c1-3-5-7-9-10-11-12-17-23-36-29-27-21-20-26(35-22-16-8-6-4-2)24-28(27)37-32(34)30(29)38-31(33)25-18-14-13-15-19-25/h6,8,13-15,18-21,24H,3-5,7,9-12,16-17,22-23H2,1-2H3/b8-6+. The van der Waals surface area contributed by atoms with Gasteiger partial charge in [0, 0.05) is 6.07 Å². The summed E-state index contributed by atoms with van der Waals surface area (Å²) in [6.45, 7) is 5.23. The summed E-state index contributed by atoms with van der Waals surface area (Å²) in [7, 11) is 0. The molecule has 1 aromatic heterocycles. The van der Waals surface area contributed by atoms with Crippen molar-refractivity contribution < 1.29 is 23.4 Å². The minimum Gasteiger partial charge on any atom is -0.493 e. The van der Waals surface area contributed by atoms with Crippen molar-refractivity contribution >= 4 is 16.9 Å². The second-order valence-electron chi connectivity index (χ2n) is 9.30. The van der Waals surface area contributed by atoms with Crippen LogP contribution in [0.5, 0.6) is 17.2 Å². The van der Waals surface area contributed by atoms with Gasteiger partial charge >= 0.3 is 11.6 Å². The maximum Gasteiger partial charge on any atom is 0.383 e. The minimum absolute atomic E-state index is 0.223. The molecule has 0 unspecified atom stereocenters. The molecule has 0 amide bonds. The lowest BCUT2D eigenvalue weighted by atomic mass is 10.1. The molecule has 6 nitrogen and oxygen atoms in total. The van der Waals surface area contributed by atoms with E-state index in [1.807, 2.05) is 0 Å². The average molecular weight is 521 g/mol. The summed E-state index contributed by atoms with van der Waals surface area (Å²) in [5.74, 6) is -0.0620. The normalized spacial score (nSPS) is 11.2. The summed E-state index contributed by atoms with van der Waals surface area (Å²) in [5.41, 5.74) is -0.111. The molecule has 1 heterocycles. The zero-order valence-electron chi connectivity index (χ0n) is 22.7. The number of allylic oxidation sites excluding steroid dienone is 1. The molecule has 3 rings (SSSR count). The smallest absolute Gasteiger partial charge is 0.383 e. The van der Waals surface area contributed by atoms with Crippen molar-refractivity contribution in [3.05, 3.63) is 76.7 Å². The maximum absolute atomic E-state index is 13.0. The Balaban J connectivity index is 1.75. The quantitative estimate of drug-likeness (QED) is 0.0772. The number of hydrogen-bond acceptors (Lipinski definition) is 6. The van der Waals surface area contributed by atoms with Gasteiger partial charge in [0.1, 0.15) is 11.3 Å². The van der Waals surface area contributed by atoms with Crippen LogP contribution in [-0.2, 0) is 0 Å². The molecule has 0 aliphatic rings. The van der Waals surface area contributed by atoms with Gasteiger partial charge < -0.3 is 18.6 Å². The Labute approximate surface area is 225 Å². The van der Waals surface area contributed by atoms with E-state index in [1.54, 1.807) is 48.5 Å². The summed E-state index contributed by atoms with van der Waals surface area (Å²) in [6, 6.07) is 13.8. The molecule has 204 valence electrons. The molecule has 3 aromatic rings. The van der Waals surface area contributed by atoms with Gasteiger partial charge in [-0.1, -0.05) is 89.1 Å². The highest BCUT2D eigenvalue weighted by Gasteiger charge is 2.22. The molecule has 0 bridgehead atoms. The third-order valence-corrected chi connectivity index (χ3v) is 6.20. The first-order chi connectivity index (χ1) is 18.6. The van der Waals surface area contributed by atoms with E-state index < -0.39 is 11.6 Å². The number of hydrogen-bond donors (Lipinski definition) is 0. The molecule has 0 N–H and O–H groups in total. The molecule has 0 aliphatic heterocycles. The van der Waals surface area contributed by atoms with Gasteiger partial charge in [-0.25, -0.2) is 9.59 Å². The number of carbonyl (C=O) groups is 1.